The normalized spacial score (nSPS) is 17.6. The molecule has 1 aliphatic heterocycles. The van der Waals surface area contributed by atoms with Gasteiger partial charge in [-0.3, -0.25) is 9.10 Å². The van der Waals surface area contributed by atoms with Crippen molar-refractivity contribution >= 4 is 21.6 Å². The summed E-state index contributed by atoms with van der Waals surface area (Å²) in [7, 11) is -3.51. The second kappa shape index (κ2) is 8.00. The Morgan fingerprint density at radius 2 is 1.81 bits per heavy atom. The number of carbonyl (C=O) groups is 1. The lowest BCUT2D eigenvalue weighted by atomic mass is 10.0. The number of sulfonamides is 1. The maximum atomic E-state index is 12.9. The van der Waals surface area contributed by atoms with Crippen molar-refractivity contribution in [2.24, 2.45) is 0 Å². The Labute approximate surface area is 160 Å². The fourth-order valence-corrected chi connectivity index (χ4v) is 4.25. The van der Waals surface area contributed by atoms with Gasteiger partial charge in [-0.1, -0.05) is 49.4 Å². The highest BCUT2D eigenvalue weighted by Gasteiger charge is 2.36. The molecule has 1 amide bonds. The molecule has 3 rings (SSSR count). The number of benzene rings is 2. The summed E-state index contributed by atoms with van der Waals surface area (Å²) in [6, 6.07) is 16.4. The lowest BCUT2D eigenvalue weighted by Crippen LogP contribution is -2.51. The van der Waals surface area contributed by atoms with Crippen LogP contribution in [0.4, 0.5) is 5.69 Å². The van der Waals surface area contributed by atoms with Gasteiger partial charge < -0.3 is 10.1 Å². The van der Waals surface area contributed by atoms with Gasteiger partial charge in [-0.15, -0.1) is 0 Å². The van der Waals surface area contributed by atoms with Crippen LogP contribution in [-0.4, -0.2) is 32.7 Å². The summed E-state index contributed by atoms with van der Waals surface area (Å²) >= 11 is 0. The number of nitrogens with zero attached hydrogens (tertiary/aromatic N) is 1. The van der Waals surface area contributed by atoms with Crippen molar-refractivity contribution in [3.63, 3.8) is 0 Å². The third-order valence-electron chi connectivity index (χ3n) is 4.65. The molecule has 0 aromatic heterocycles. The summed E-state index contributed by atoms with van der Waals surface area (Å²) in [5.74, 6) is 0.0299. The molecule has 0 bridgehead atoms. The van der Waals surface area contributed by atoms with Gasteiger partial charge in [0, 0.05) is 0 Å². The molecular formula is C20H24N2O4S. The van der Waals surface area contributed by atoms with Crippen LogP contribution >= 0.6 is 0 Å². The van der Waals surface area contributed by atoms with Crippen molar-refractivity contribution in [1.29, 1.82) is 0 Å². The topological polar surface area (TPSA) is 75.7 Å². The first-order valence-corrected chi connectivity index (χ1v) is 10.7. The third-order valence-corrected chi connectivity index (χ3v) is 6.40. The first-order valence-electron chi connectivity index (χ1n) is 9.07. The van der Waals surface area contributed by atoms with E-state index in [1.807, 2.05) is 37.3 Å². The van der Waals surface area contributed by atoms with Crippen molar-refractivity contribution in [1.82, 2.24) is 5.32 Å². The predicted octanol–water partition coefficient (Wildman–Crippen LogP) is 2.87. The van der Waals surface area contributed by atoms with Gasteiger partial charge in [-0.25, -0.2) is 8.42 Å². The summed E-state index contributed by atoms with van der Waals surface area (Å²) in [5.41, 5.74) is 1.47. The zero-order valence-corrected chi connectivity index (χ0v) is 16.3. The average Bonchev–Trinajstić information content (AvgIpc) is 2.71. The zero-order valence-electron chi connectivity index (χ0n) is 15.5. The molecule has 6 nitrogen and oxygen atoms in total. The van der Waals surface area contributed by atoms with E-state index < -0.39 is 16.1 Å². The number of fused-ring (bicyclic) bond motifs is 1. The average molecular weight is 388 g/mol. The van der Waals surface area contributed by atoms with Gasteiger partial charge in [0.25, 0.3) is 5.91 Å². The van der Waals surface area contributed by atoms with Gasteiger partial charge in [0.1, 0.15) is 5.75 Å². The molecule has 2 aromatic rings. The standard InChI is InChI=1S/C20H24N2O4S/c1-3-16(15-10-6-5-7-11-15)21-20(23)19-14-22(27(24,25)4-2)17-12-8-9-13-18(17)26-19/h5-13,16,19H,3-4,14H2,1-2H3,(H,21,23)/t16-,19-/m1/s1. The Balaban J connectivity index is 1.84. The number of hydrogen-bond donors (Lipinski definition) is 1. The lowest BCUT2D eigenvalue weighted by Gasteiger charge is -2.35. The third kappa shape index (κ3) is 4.08. The first kappa shape index (κ1) is 19.2. The second-order valence-electron chi connectivity index (χ2n) is 6.39. The summed E-state index contributed by atoms with van der Waals surface area (Å²) in [6.07, 6.45) is -0.185. The van der Waals surface area contributed by atoms with E-state index in [1.165, 1.54) is 4.31 Å². The fourth-order valence-electron chi connectivity index (χ4n) is 3.13. The van der Waals surface area contributed by atoms with Crippen LogP contribution in [0.1, 0.15) is 31.9 Å². The SMILES string of the molecule is CC[C@@H](NC(=O)[C@H]1CN(S(=O)(=O)CC)c2ccccc2O1)c1ccccc1. The molecule has 0 saturated heterocycles. The van der Waals surface area contributed by atoms with E-state index in [0.29, 0.717) is 11.4 Å². The highest BCUT2D eigenvalue weighted by atomic mass is 32.2. The molecule has 2 atom stereocenters. The summed E-state index contributed by atoms with van der Waals surface area (Å²) in [5, 5.41) is 2.99. The van der Waals surface area contributed by atoms with E-state index in [-0.39, 0.29) is 24.2 Å². The molecule has 2 aromatic carbocycles. The highest BCUT2D eigenvalue weighted by molar-refractivity contribution is 7.92. The molecule has 1 heterocycles. The van der Waals surface area contributed by atoms with Gasteiger partial charge in [0.05, 0.1) is 24.0 Å². The molecule has 7 heteroatoms. The number of rotatable bonds is 6. The molecular weight excluding hydrogens is 364 g/mol. The molecule has 0 spiro atoms. The van der Waals surface area contributed by atoms with E-state index in [1.54, 1.807) is 31.2 Å². The van der Waals surface area contributed by atoms with Crippen LogP contribution in [0.2, 0.25) is 0 Å². The van der Waals surface area contributed by atoms with Crippen molar-refractivity contribution in [2.75, 3.05) is 16.6 Å². The van der Waals surface area contributed by atoms with E-state index >= 15 is 0 Å². The van der Waals surface area contributed by atoms with Gasteiger partial charge in [0.2, 0.25) is 10.0 Å². The number of carbonyl (C=O) groups excluding carboxylic acids is 1. The molecule has 1 aliphatic rings. The van der Waals surface area contributed by atoms with Gasteiger partial charge in [-0.2, -0.15) is 0 Å². The van der Waals surface area contributed by atoms with E-state index in [2.05, 4.69) is 5.32 Å². The quantitative estimate of drug-likeness (QED) is 0.826. The van der Waals surface area contributed by atoms with E-state index in [4.69, 9.17) is 4.74 Å². The fraction of sp³-hybridized carbons (Fsp3) is 0.350. The maximum absolute atomic E-state index is 12.9. The van der Waals surface area contributed by atoms with Crippen molar-refractivity contribution in [3.8, 4) is 5.75 Å². The number of anilines is 1. The van der Waals surface area contributed by atoms with E-state index in [0.717, 1.165) is 12.0 Å². The minimum atomic E-state index is -3.51. The van der Waals surface area contributed by atoms with Crippen LogP contribution in [0.5, 0.6) is 5.75 Å². The monoisotopic (exact) mass is 388 g/mol. The van der Waals surface area contributed by atoms with Crippen LogP contribution in [-0.2, 0) is 14.8 Å². The number of hydrogen-bond acceptors (Lipinski definition) is 4. The van der Waals surface area contributed by atoms with Crippen LogP contribution in [0, 0.1) is 0 Å². The molecule has 0 saturated carbocycles. The lowest BCUT2D eigenvalue weighted by molar-refractivity contribution is -0.128. The number of amides is 1. The Hall–Kier alpha value is -2.54. The van der Waals surface area contributed by atoms with Crippen molar-refractivity contribution in [2.45, 2.75) is 32.4 Å². The molecule has 1 N–H and O–H groups in total. The molecule has 144 valence electrons. The number of ether oxygens (including phenoxy) is 1. The van der Waals surface area contributed by atoms with Crippen LogP contribution in [0.25, 0.3) is 0 Å². The molecule has 0 aliphatic carbocycles. The van der Waals surface area contributed by atoms with Gasteiger partial charge in [0.15, 0.2) is 6.10 Å². The Kier molecular flexibility index (Phi) is 5.70. The number of para-hydroxylation sites is 2. The Morgan fingerprint density at radius 1 is 1.15 bits per heavy atom. The van der Waals surface area contributed by atoms with Gasteiger partial charge in [-0.05, 0) is 31.0 Å². The minimum absolute atomic E-state index is 0.0375. The Bertz CT molecular complexity index is 899. The minimum Gasteiger partial charge on any atom is -0.476 e. The smallest absolute Gasteiger partial charge is 0.263 e. The summed E-state index contributed by atoms with van der Waals surface area (Å²) in [6.45, 7) is 3.54. The van der Waals surface area contributed by atoms with Crippen molar-refractivity contribution < 1.29 is 17.9 Å². The van der Waals surface area contributed by atoms with E-state index in [9.17, 15) is 13.2 Å². The van der Waals surface area contributed by atoms with Crippen LogP contribution in [0.15, 0.2) is 54.6 Å². The largest absolute Gasteiger partial charge is 0.476 e. The molecule has 0 fully saturated rings. The summed E-state index contributed by atoms with van der Waals surface area (Å²) in [4.78, 5) is 12.9. The summed E-state index contributed by atoms with van der Waals surface area (Å²) < 4.78 is 32.2. The zero-order chi connectivity index (χ0) is 19.4. The van der Waals surface area contributed by atoms with Crippen molar-refractivity contribution in [3.05, 3.63) is 60.2 Å². The maximum Gasteiger partial charge on any atom is 0.263 e. The molecule has 27 heavy (non-hydrogen) atoms. The van der Waals surface area contributed by atoms with Crippen LogP contribution < -0.4 is 14.4 Å². The molecule has 0 radical (unpaired) electrons. The first-order chi connectivity index (χ1) is 13.0. The Morgan fingerprint density at radius 3 is 2.48 bits per heavy atom. The predicted molar refractivity (Wildman–Crippen MR) is 105 cm³/mol. The molecule has 0 unspecified atom stereocenters. The van der Waals surface area contributed by atoms with Gasteiger partial charge >= 0.3 is 0 Å². The number of nitrogens with one attached hydrogen (secondary N) is 1. The second-order valence-corrected chi connectivity index (χ2v) is 8.57. The van der Waals surface area contributed by atoms with Crippen LogP contribution in [0.3, 0.4) is 0 Å². The highest BCUT2D eigenvalue weighted by Crippen LogP contribution is 2.35.